The van der Waals surface area contributed by atoms with E-state index in [9.17, 15) is 4.39 Å². The maximum Gasteiger partial charge on any atom is 0.124 e. The molecule has 4 heteroatoms. The van der Waals surface area contributed by atoms with Gasteiger partial charge in [-0.3, -0.25) is 0 Å². The van der Waals surface area contributed by atoms with Crippen molar-refractivity contribution in [1.29, 1.82) is 0 Å². The van der Waals surface area contributed by atoms with E-state index in [-0.39, 0.29) is 11.9 Å². The number of nitrogens with one attached hydrogen (secondary N) is 1. The van der Waals surface area contributed by atoms with Crippen molar-refractivity contribution in [3.8, 4) is 0 Å². The Balaban J connectivity index is 2.15. The van der Waals surface area contributed by atoms with Gasteiger partial charge in [0.05, 0.1) is 12.7 Å². The smallest absolute Gasteiger partial charge is 0.124 e. The molecule has 82 valence electrons. The number of rotatable bonds is 1. The number of ether oxygens (including phenoxy) is 1. The van der Waals surface area contributed by atoms with E-state index in [1.54, 1.807) is 6.07 Å². The summed E-state index contributed by atoms with van der Waals surface area (Å²) < 4.78 is 18.5. The first-order valence-electron chi connectivity index (χ1n) is 4.97. The quantitative estimate of drug-likeness (QED) is 0.799. The molecule has 0 radical (unpaired) electrons. The molecule has 1 aromatic carbocycles. The summed E-state index contributed by atoms with van der Waals surface area (Å²) in [6.45, 7) is 3.42. The highest BCUT2D eigenvalue weighted by molar-refractivity contribution is 6.31. The number of hydrogen-bond acceptors (Lipinski definition) is 2. The van der Waals surface area contributed by atoms with Crippen molar-refractivity contribution >= 4 is 11.6 Å². The van der Waals surface area contributed by atoms with Crippen LogP contribution in [0.4, 0.5) is 4.39 Å². The molecule has 0 saturated carbocycles. The van der Waals surface area contributed by atoms with Gasteiger partial charge < -0.3 is 10.1 Å². The Morgan fingerprint density at radius 2 is 2.33 bits per heavy atom. The van der Waals surface area contributed by atoms with Gasteiger partial charge in [-0.1, -0.05) is 17.7 Å². The van der Waals surface area contributed by atoms with Gasteiger partial charge in [0.25, 0.3) is 0 Å². The molecule has 0 aliphatic carbocycles. The number of hydrogen-bond donors (Lipinski definition) is 1. The van der Waals surface area contributed by atoms with Crippen molar-refractivity contribution in [3.05, 3.63) is 34.6 Å². The first-order valence-corrected chi connectivity index (χ1v) is 5.34. The average molecular weight is 230 g/mol. The molecule has 1 aliphatic rings. The third-order valence-electron chi connectivity index (χ3n) is 2.51. The van der Waals surface area contributed by atoms with Crippen LogP contribution in [0.5, 0.6) is 0 Å². The molecule has 1 heterocycles. The Hall–Kier alpha value is -0.640. The van der Waals surface area contributed by atoms with Gasteiger partial charge in [-0.25, -0.2) is 4.39 Å². The van der Waals surface area contributed by atoms with Gasteiger partial charge in [0.15, 0.2) is 0 Å². The monoisotopic (exact) mass is 229 g/mol. The Bertz CT molecular complexity index is 350. The standard InChI is InChI=1S/C11H13ClFNO/c1-7-6-15-11(5-14-7)9-3-2-8(13)4-10(9)12/h2-4,7,11,14H,5-6H2,1H3. The van der Waals surface area contributed by atoms with E-state index in [1.165, 1.54) is 12.1 Å². The molecule has 1 aromatic rings. The minimum atomic E-state index is -0.319. The molecule has 1 saturated heterocycles. The maximum atomic E-state index is 12.8. The predicted octanol–water partition coefficient (Wildman–Crippen LogP) is 2.53. The first-order chi connectivity index (χ1) is 7.16. The topological polar surface area (TPSA) is 21.3 Å². The molecule has 15 heavy (non-hydrogen) atoms. The predicted molar refractivity (Wildman–Crippen MR) is 57.6 cm³/mol. The second-order valence-corrected chi connectivity index (χ2v) is 4.20. The second-order valence-electron chi connectivity index (χ2n) is 3.80. The molecule has 1 N–H and O–H groups in total. The average Bonchev–Trinajstić information content (AvgIpc) is 2.20. The fourth-order valence-corrected chi connectivity index (χ4v) is 1.94. The molecule has 0 bridgehead atoms. The highest BCUT2D eigenvalue weighted by atomic mass is 35.5. The van der Waals surface area contributed by atoms with Crippen LogP contribution in [-0.2, 0) is 4.74 Å². The summed E-state index contributed by atoms with van der Waals surface area (Å²) in [4.78, 5) is 0. The third kappa shape index (κ3) is 2.48. The Morgan fingerprint density at radius 3 is 2.93 bits per heavy atom. The van der Waals surface area contributed by atoms with E-state index in [4.69, 9.17) is 16.3 Å². The van der Waals surface area contributed by atoms with Gasteiger partial charge in [-0.15, -0.1) is 0 Å². The van der Waals surface area contributed by atoms with E-state index < -0.39 is 0 Å². The highest BCUT2D eigenvalue weighted by Crippen LogP contribution is 2.27. The number of halogens is 2. The zero-order valence-corrected chi connectivity index (χ0v) is 9.22. The molecule has 0 amide bonds. The van der Waals surface area contributed by atoms with Crippen LogP contribution in [0.15, 0.2) is 18.2 Å². The lowest BCUT2D eigenvalue weighted by Gasteiger charge is -2.29. The lowest BCUT2D eigenvalue weighted by Crippen LogP contribution is -2.40. The summed E-state index contributed by atoms with van der Waals surface area (Å²) in [5.41, 5.74) is 0.845. The van der Waals surface area contributed by atoms with Crippen LogP contribution in [-0.4, -0.2) is 19.2 Å². The van der Waals surface area contributed by atoms with E-state index >= 15 is 0 Å². The Kier molecular flexibility index (Phi) is 3.24. The van der Waals surface area contributed by atoms with Crippen molar-refractivity contribution in [2.75, 3.05) is 13.2 Å². The van der Waals surface area contributed by atoms with Gasteiger partial charge in [-0.05, 0) is 19.1 Å². The third-order valence-corrected chi connectivity index (χ3v) is 2.84. The Morgan fingerprint density at radius 1 is 1.53 bits per heavy atom. The van der Waals surface area contributed by atoms with E-state index in [0.717, 1.165) is 5.56 Å². The lowest BCUT2D eigenvalue weighted by molar-refractivity contribution is 0.00698. The molecule has 2 nitrogen and oxygen atoms in total. The molecule has 2 rings (SSSR count). The molecule has 2 atom stereocenters. The summed E-state index contributed by atoms with van der Waals surface area (Å²) in [7, 11) is 0. The van der Waals surface area contributed by atoms with Crippen LogP contribution >= 0.6 is 11.6 Å². The molecule has 0 spiro atoms. The molecule has 2 unspecified atom stereocenters. The van der Waals surface area contributed by atoms with Gasteiger partial charge in [0.2, 0.25) is 0 Å². The van der Waals surface area contributed by atoms with Crippen molar-refractivity contribution in [1.82, 2.24) is 5.32 Å². The summed E-state index contributed by atoms with van der Waals surface area (Å²) in [5.74, 6) is -0.319. The first kappa shape index (κ1) is 10.9. The van der Waals surface area contributed by atoms with Crippen molar-refractivity contribution in [3.63, 3.8) is 0 Å². The van der Waals surface area contributed by atoms with Crippen molar-refractivity contribution in [2.45, 2.75) is 19.1 Å². The van der Waals surface area contributed by atoms with Gasteiger partial charge >= 0.3 is 0 Å². The minimum Gasteiger partial charge on any atom is -0.371 e. The lowest BCUT2D eigenvalue weighted by atomic mass is 10.1. The SMILES string of the molecule is CC1COC(c2ccc(F)cc2Cl)CN1. The number of benzene rings is 1. The molecule has 1 fully saturated rings. The summed E-state index contributed by atoms with van der Waals surface area (Å²) in [6, 6.07) is 4.77. The van der Waals surface area contributed by atoms with Crippen molar-refractivity contribution in [2.24, 2.45) is 0 Å². The van der Waals surface area contributed by atoms with E-state index in [1.807, 2.05) is 0 Å². The second kappa shape index (κ2) is 4.47. The highest BCUT2D eigenvalue weighted by Gasteiger charge is 2.21. The molecule has 1 aliphatic heterocycles. The molecular formula is C11H13ClFNO. The zero-order chi connectivity index (χ0) is 10.8. The van der Waals surface area contributed by atoms with Gasteiger partial charge in [-0.2, -0.15) is 0 Å². The van der Waals surface area contributed by atoms with E-state index in [2.05, 4.69) is 12.2 Å². The normalized spacial score (nSPS) is 26.6. The zero-order valence-electron chi connectivity index (χ0n) is 8.47. The summed E-state index contributed by atoms with van der Waals surface area (Å²) in [6.07, 6.45) is -0.0747. The largest absolute Gasteiger partial charge is 0.371 e. The van der Waals surface area contributed by atoms with Crippen LogP contribution in [0.2, 0.25) is 5.02 Å². The van der Waals surface area contributed by atoms with Crippen LogP contribution in [0.1, 0.15) is 18.6 Å². The van der Waals surface area contributed by atoms with Gasteiger partial charge in [0.1, 0.15) is 5.82 Å². The van der Waals surface area contributed by atoms with Crippen LogP contribution < -0.4 is 5.32 Å². The minimum absolute atomic E-state index is 0.0747. The number of morpholine rings is 1. The van der Waals surface area contributed by atoms with E-state index in [0.29, 0.717) is 24.2 Å². The molecule has 0 aromatic heterocycles. The molecular weight excluding hydrogens is 217 g/mol. The van der Waals surface area contributed by atoms with Crippen molar-refractivity contribution < 1.29 is 9.13 Å². The fourth-order valence-electron chi connectivity index (χ4n) is 1.65. The van der Waals surface area contributed by atoms with Crippen LogP contribution in [0.25, 0.3) is 0 Å². The van der Waals surface area contributed by atoms with Crippen LogP contribution in [0.3, 0.4) is 0 Å². The summed E-state index contributed by atoms with van der Waals surface area (Å²) >= 11 is 5.95. The van der Waals surface area contributed by atoms with Gasteiger partial charge in [0, 0.05) is 23.2 Å². The maximum absolute atomic E-state index is 12.8. The summed E-state index contributed by atoms with van der Waals surface area (Å²) in [5, 5.41) is 3.72. The van der Waals surface area contributed by atoms with Crippen LogP contribution in [0, 0.1) is 5.82 Å². The Labute approximate surface area is 93.4 Å². The fraction of sp³-hybridized carbons (Fsp3) is 0.455.